The molecule has 0 bridgehead atoms. The van der Waals surface area contributed by atoms with Gasteiger partial charge in [-0.05, 0) is 62.6 Å². The fraction of sp³-hybridized carbons (Fsp3) is 0.556. The SMILES string of the molecule is CC(C)C(Oc1cc(F)c(Nc2ncc(F)c(N[C@@H]3C[C@@H]4CCCN4C(C)(C)C3)n2)cc1-n1nnn(C)c1=O)C(=O)O. The summed E-state index contributed by atoms with van der Waals surface area (Å²) in [4.78, 5) is 35.2. The summed E-state index contributed by atoms with van der Waals surface area (Å²) < 4.78 is 37.7. The Kier molecular flexibility index (Phi) is 7.88. The van der Waals surface area contributed by atoms with Gasteiger partial charge in [0.25, 0.3) is 0 Å². The molecule has 0 spiro atoms. The molecule has 2 fully saturated rings. The van der Waals surface area contributed by atoms with Gasteiger partial charge in [0.05, 0.1) is 11.9 Å². The first-order valence-electron chi connectivity index (χ1n) is 13.9. The minimum absolute atomic E-state index is 0.00768. The molecule has 2 saturated heterocycles. The number of rotatable bonds is 9. The fourth-order valence-electron chi connectivity index (χ4n) is 5.93. The number of piperidine rings is 1. The molecule has 0 amide bonds. The molecule has 1 aromatic carbocycles. The number of tetrazole rings is 1. The summed E-state index contributed by atoms with van der Waals surface area (Å²) in [6, 6.07) is 2.56. The third kappa shape index (κ3) is 5.78. The lowest BCUT2D eigenvalue weighted by Crippen LogP contribution is -2.55. The first-order chi connectivity index (χ1) is 19.8. The zero-order chi connectivity index (χ0) is 30.3. The summed E-state index contributed by atoms with van der Waals surface area (Å²) in [6.07, 6.45) is 3.57. The molecule has 2 aliphatic rings. The molecule has 15 heteroatoms. The standard InChI is InChI=1S/C27H35F2N9O4/c1-14(2)22(24(39)40)42-21-10-17(28)19(11-20(21)38-26(41)36(5)34-35-38)32-25-30-13-18(29)23(33-25)31-15-9-16-7-6-8-37(16)27(3,4)12-15/h10-11,13-16,22H,6-9,12H2,1-5H3,(H,39,40)(H2,30,31,32,33)/t15-,16+,22?/m1/s1. The summed E-state index contributed by atoms with van der Waals surface area (Å²) in [7, 11) is 1.38. The Morgan fingerprint density at radius 3 is 2.64 bits per heavy atom. The third-order valence-electron chi connectivity index (χ3n) is 7.89. The molecule has 5 rings (SSSR count). The topological polar surface area (TPSA) is 152 Å². The molecule has 4 heterocycles. The highest BCUT2D eigenvalue weighted by atomic mass is 19.1. The molecule has 2 aliphatic heterocycles. The number of benzene rings is 1. The number of hydrogen-bond acceptors (Lipinski definition) is 10. The second-order valence-corrected chi connectivity index (χ2v) is 11.8. The summed E-state index contributed by atoms with van der Waals surface area (Å²) in [5, 5.41) is 23.0. The van der Waals surface area contributed by atoms with E-state index in [0.717, 1.165) is 53.9 Å². The highest BCUT2D eigenvalue weighted by Gasteiger charge is 2.43. The molecule has 42 heavy (non-hydrogen) atoms. The number of aryl methyl sites for hydroxylation is 1. The zero-order valence-electron chi connectivity index (χ0n) is 24.1. The third-order valence-corrected chi connectivity index (χ3v) is 7.89. The number of anilines is 3. The Balaban J connectivity index is 1.44. The van der Waals surface area contributed by atoms with Crippen LogP contribution >= 0.6 is 0 Å². The first-order valence-corrected chi connectivity index (χ1v) is 13.9. The van der Waals surface area contributed by atoms with E-state index in [4.69, 9.17) is 4.74 Å². The number of aliphatic carboxylic acids is 1. The molecule has 0 radical (unpaired) electrons. The van der Waals surface area contributed by atoms with Crippen molar-refractivity contribution >= 4 is 23.4 Å². The number of carbonyl (C=O) groups is 1. The van der Waals surface area contributed by atoms with E-state index < -0.39 is 35.3 Å². The second-order valence-electron chi connectivity index (χ2n) is 11.8. The Labute approximate surface area is 240 Å². The van der Waals surface area contributed by atoms with E-state index in [9.17, 15) is 19.1 Å². The Morgan fingerprint density at radius 2 is 1.98 bits per heavy atom. The number of halogens is 2. The molecule has 1 unspecified atom stereocenters. The van der Waals surface area contributed by atoms with Gasteiger partial charge in [0.2, 0.25) is 5.95 Å². The van der Waals surface area contributed by atoms with Gasteiger partial charge in [-0.1, -0.05) is 13.8 Å². The average Bonchev–Trinajstić information content (AvgIpc) is 3.52. The van der Waals surface area contributed by atoms with E-state index in [1.165, 1.54) is 13.1 Å². The van der Waals surface area contributed by atoms with Gasteiger partial charge in [-0.15, -0.1) is 0 Å². The van der Waals surface area contributed by atoms with Crippen LogP contribution in [0.2, 0.25) is 0 Å². The fourth-order valence-corrected chi connectivity index (χ4v) is 5.93. The highest BCUT2D eigenvalue weighted by Crippen LogP contribution is 2.39. The summed E-state index contributed by atoms with van der Waals surface area (Å²) in [5.41, 5.74) is -0.952. The number of hydrogen-bond donors (Lipinski definition) is 3. The molecule has 3 atom stereocenters. The van der Waals surface area contributed by atoms with Crippen LogP contribution < -0.4 is 21.1 Å². The normalized spacial score (nSPS) is 20.8. The highest BCUT2D eigenvalue weighted by molar-refractivity contribution is 5.73. The average molecular weight is 588 g/mol. The van der Waals surface area contributed by atoms with E-state index in [-0.39, 0.29) is 40.5 Å². The van der Waals surface area contributed by atoms with Crippen molar-refractivity contribution in [3.63, 3.8) is 0 Å². The van der Waals surface area contributed by atoms with E-state index in [1.54, 1.807) is 13.8 Å². The Bertz CT molecular complexity index is 1540. The number of nitrogens with one attached hydrogen (secondary N) is 2. The molecule has 2 aromatic heterocycles. The van der Waals surface area contributed by atoms with Crippen molar-refractivity contribution in [2.45, 2.75) is 77.1 Å². The minimum atomic E-state index is -1.33. The smallest absolute Gasteiger partial charge is 0.368 e. The summed E-state index contributed by atoms with van der Waals surface area (Å²) in [5.74, 6) is -3.55. The second kappa shape index (κ2) is 11.3. The predicted molar refractivity (Wildman–Crippen MR) is 149 cm³/mol. The van der Waals surface area contributed by atoms with Crippen LogP contribution in [0.15, 0.2) is 23.1 Å². The lowest BCUT2D eigenvalue weighted by atomic mass is 9.84. The van der Waals surface area contributed by atoms with Crippen molar-refractivity contribution < 1.29 is 23.4 Å². The van der Waals surface area contributed by atoms with Gasteiger partial charge in [0, 0.05) is 36.7 Å². The largest absolute Gasteiger partial charge is 0.478 e. The first kappa shape index (κ1) is 29.4. The van der Waals surface area contributed by atoms with Gasteiger partial charge in [-0.3, -0.25) is 4.90 Å². The Hall–Kier alpha value is -4.14. The maximum atomic E-state index is 15.4. The van der Waals surface area contributed by atoms with Crippen LogP contribution in [0.5, 0.6) is 5.75 Å². The predicted octanol–water partition coefficient (Wildman–Crippen LogP) is 3.08. The number of carboxylic acids is 1. The molecular formula is C27H35F2N9O4. The monoisotopic (exact) mass is 587 g/mol. The van der Waals surface area contributed by atoms with Crippen molar-refractivity contribution in [2.75, 3.05) is 17.2 Å². The van der Waals surface area contributed by atoms with Crippen LogP contribution in [0.1, 0.15) is 53.4 Å². The van der Waals surface area contributed by atoms with Crippen LogP contribution in [0.3, 0.4) is 0 Å². The van der Waals surface area contributed by atoms with E-state index >= 15 is 4.39 Å². The lowest BCUT2D eigenvalue weighted by molar-refractivity contribution is -0.147. The Morgan fingerprint density at radius 1 is 1.21 bits per heavy atom. The van der Waals surface area contributed by atoms with Gasteiger partial charge in [0.1, 0.15) is 11.4 Å². The molecule has 3 N–H and O–H groups in total. The van der Waals surface area contributed by atoms with Crippen LogP contribution in [-0.2, 0) is 11.8 Å². The quantitative estimate of drug-likeness (QED) is 0.339. The molecule has 3 aromatic rings. The van der Waals surface area contributed by atoms with Gasteiger partial charge < -0.3 is 20.5 Å². The molecular weight excluding hydrogens is 552 g/mol. The van der Waals surface area contributed by atoms with Gasteiger partial charge >= 0.3 is 11.7 Å². The lowest BCUT2D eigenvalue weighted by Gasteiger charge is -2.47. The number of carboxylic acid groups (broad SMARTS) is 1. The van der Waals surface area contributed by atoms with Crippen LogP contribution in [0.4, 0.5) is 26.2 Å². The minimum Gasteiger partial charge on any atom is -0.478 e. The van der Waals surface area contributed by atoms with Crippen molar-refractivity contribution in [1.29, 1.82) is 0 Å². The maximum absolute atomic E-state index is 15.4. The van der Waals surface area contributed by atoms with Crippen molar-refractivity contribution in [2.24, 2.45) is 13.0 Å². The number of aromatic nitrogens is 6. The molecule has 0 saturated carbocycles. The summed E-state index contributed by atoms with van der Waals surface area (Å²) >= 11 is 0. The van der Waals surface area contributed by atoms with E-state index in [1.807, 2.05) is 0 Å². The number of ether oxygens (including phenoxy) is 1. The molecule has 13 nitrogen and oxygen atoms in total. The maximum Gasteiger partial charge on any atom is 0.368 e. The van der Waals surface area contributed by atoms with Crippen LogP contribution in [-0.4, -0.2) is 76.0 Å². The molecule has 0 aliphatic carbocycles. The van der Waals surface area contributed by atoms with Gasteiger partial charge in [0.15, 0.2) is 23.6 Å². The molecule has 226 valence electrons. The van der Waals surface area contributed by atoms with Crippen molar-refractivity contribution in [3.05, 3.63) is 40.4 Å². The summed E-state index contributed by atoms with van der Waals surface area (Å²) in [6.45, 7) is 8.72. The van der Waals surface area contributed by atoms with E-state index in [2.05, 4.69) is 49.8 Å². The van der Waals surface area contributed by atoms with Crippen LogP contribution in [0.25, 0.3) is 5.69 Å². The van der Waals surface area contributed by atoms with Crippen LogP contribution in [0, 0.1) is 17.6 Å². The number of nitrogens with zero attached hydrogens (tertiary/aromatic N) is 7. The van der Waals surface area contributed by atoms with Gasteiger partial charge in [-0.2, -0.15) is 14.3 Å². The van der Waals surface area contributed by atoms with Crippen molar-refractivity contribution in [3.8, 4) is 11.4 Å². The van der Waals surface area contributed by atoms with Gasteiger partial charge in [-0.25, -0.2) is 23.4 Å². The van der Waals surface area contributed by atoms with Crippen molar-refractivity contribution in [1.82, 2.24) is 34.7 Å². The van der Waals surface area contributed by atoms with E-state index in [0.29, 0.717) is 6.04 Å². The zero-order valence-corrected chi connectivity index (χ0v) is 24.1. The number of fused-ring (bicyclic) bond motifs is 1.